The highest BCUT2D eigenvalue weighted by atomic mass is 35.5. The Balaban J connectivity index is 2.01. The average Bonchev–Trinajstić information content (AvgIpc) is 2.83. The van der Waals surface area contributed by atoms with Crippen LogP contribution in [0.1, 0.15) is 63.2 Å². The summed E-state index contributed by atoms with van der Waals surface area (Å²) in [5.41, 5.74) is 2.55. The van der Waals surface area contributed by atoms with Crippen molar-refractivity contribution in [2.45, 2.75) is 58.3 Å². The Kier molecular flexibility index (Phi) is 9.33. The van der Waals surface area contributed by atoms with Gasteiger partial charge < -0.3 is 0 Å². The lowest BCUT2D eigenvalue weighted by Gasteiger charge is -2.01. The highest BCUT2D eigenvalue weighted by Crippen LogP contribution is 2.19. The van der Waals surface area contributed by atoms with Crippen LogP contribution in [-0.4, -0.2) is 12.1 Å². The van der Waals surface area contributed by atoms with Crippen molar-refractivity contribution in [2.24, 2.45) is 5.10 Å². The predicted octanol–water partition coefficient (Wildman–Crippen LogP) is 4.99. The van der Waals surface area contributed by atoms with Crippen molar-refractivity contribution in [3.63, 3.8) is 0 Å². The maximum absolute atomic E-state index is 11.5. The van der Waals surface area contributed by atoms with Crippen LogP contribution in [0.3, 0.4) is 0 Å². The van der Waals surface area contributed by atoms with Gasteiger partial charge in [0.25, 0.3) is 0 Å². The molecule has 0 aliphatic rings. The number of thiophene rings is 1. The Morgan fingerprint density at radius 3 is 2.60 bits per heavy atom. The monoisotopic (exact) mass is 314 g/mol. The molecule has 0 spiro atoms. The molecule has 0 saturated heterocycles. The van der Waals surface area contributed by atoms with Crippen LogP contribution in [0, 0.1) is 0 Å². The van der Waals surface area contributed by atoms with E-state index in [1.54, 1.807) is 6.21 Å². The van der Waals surface area contributed by atoms with Gasteiger partial charge in [-0.1, -0.05) is 57.0 Å². The lowest BCUT2D eigenvalue weighted by molar-refractivity contribution is -0.121. The molecule has 0 aromatic carbocycles. The summed E-state index contributed by atoms with van der Waals surface area (Å²) >= 11 is 7.24. The van der Waals surface area contributed by atoms with Gasteiger partial charge >= 0.3 is 0 Å². The molecule has 0 radical (unpaired) electrons. The van der Waals surface area contributed by atoms with E-state index in [-0.39, 0.29) is 5.91 Å². The standard InChI is InChI=1S/C15H23ClN2OS/c1-2-3-4-5-6-7-8-9-15(19)18-17-12-13-10-11-14(16)20-13/h10-12H,2-9H2,1H3,(H,18,19)/b17-12+. The van der Waals surface area contributed by atoms with Crippen LogP contribution in [0.5, 0.6) is 0 Å². The molecule has 0 atom stereocenters. The second-order valence-corrected chi connectivity index (χ2v) is 6.55. The maximum Gasteiger partial charge on any atom is 0.240 e. The second-order valence-electron chi connectivity index (χ2n) is 4.81. The number of nitrogens with zero attached hydrogens (tertiary/aromatic N) is 1. The average molecular weight is 315 g/mol. The Morgan fingerprint density at radius 1 is 1.25 bits per heavy atom. The van der Waals surface area contributed by atoms with Crippen LogP contribution in [0.25, 0.3) is 0 Å². The molecule has 112 valence electrons. The van der Waals surface area contributed by atoms with Crippen molar-refractivity contribution >= 4 is 35.1 Å². The molecule has 0 fully saturated rings. The van der Waals surface area contributed by atoms with E-state index in [1.165, 1.54) is 43.4 Å². The van der Waals surface area contributed by atoms with Gasteiger partial charge in [0.2, 0.25) is 5.91 Å². The zero-order valence-electron chi connectivity index (χ0n) is 12.0. The number of rotatable bonds is 10. The third-order valence-electron chi connectivity index (χ3n) is 2.98. The number of hydrogen-bond donors (Lipinski definition) is 1. The highest BCUT2D eigenvalue weighted by Gasteiger charge is 1.99. The van der Waals surface area contributed by atoms with Crippen LogP contribution in [0.15, 0.2) is 17.2 Å². The van der Waals surface area contributed by atoms with Gasteiger partial charge in [0.15, 0.2) is 0 Å². The fraction of sp³-hybridized carbons (Fsp3) is 0.600. The molecule has 1 N–H and O–H groups in total. The molecule has 20 heavy (non-hydrogen) atoms. The molecule has 0 unspecified atom stereocenters. The summed E-state index contributed by atoms with van der Waals surface area (Å²) in [5, 5.41) is 3.92. The third kappa shape index (κ3) is 8.33. The van der Waals surface area contributed by atoms with E-state index >= 15 is 0 Å². The van der Waals surface area contributed by atoms with Gasteiger partial charge in [-0.25, -0.2) is 5.43 Å². The SMILES string of the molecule is CCCCCCCCCC(=O)N/N=C/c1ccc(Cl)s1. The molecule has 1 heterocycles. The summed E-state index contributed by atoms with van der Waals surface area (Å²) in [6.07, 6.45) is 10.7. The topological polar surface area (TPSA) is 41.5 Å². The number of unbranched alkanes of at least 4 members (excludes halogenated alkanes) is 6. The molecule has 1 rings (SSSR count). The molecule has 3 nitrogen and oxygen atoms in total. The number of carbonyl (C=O) groups is 1. The normalized spacial score (nSPS) is 11.1. The molecule has 1 aromatic heterocycles. The molecule has 0 aliphatic heterocycles. The number of halogens is 1. The Morgan fingerprint density at radius 2 is 1.95 bits per heavy atom. The molecular weight excluding hydrogens is 292 g/mol. The van der Waals surface area contributed by atoms with Crippen LogP contribution in [0.4, 0.5) is 0 Å². The van der Waals surface area contributed by atoms with Crippen LogP contribution in [-0.2, 0) is 4.79 Å². The minimum atomic E-state index is -0.0162. The Bertz CT molecular complexity index is 418. The summed E-state index contributed by atoms with van der Waals surface area (Å²) in [5.74, 6) is -0.0162. The molecule has 1 amide bonds. The van der Waals surface area contributed by atoms with Crippen LogP contribution >= 0.6 is 22.9 Å². The van der Waals surface area contributed by atoms with E-state index in [4.69, 9.17) is 11.6 Å². The van der Waals surface area contributed by atoms with Gasteiger partial charge in [-0.05, 0) is 18.6 Å². The fourth-order valence-corrected chi connectivity index (χ4v) is 2.80. The minimum absolute atomic E-state index is 0.0162. The highest BCUT2D eigenvalue weighted by molar-refractivity contribution is 7.17. The summed E-state index contributed by atoms with van der Waals surface area (Å²) in [6, 6.07) is 3.69. The van der Waals surface area contributed by atoms with Gasteiger partial charge in [0.05, 0.1) is 10.6 Å². The van der Waals surface area contributed by atoms with Crippen molar-refractivity contribution in [2.75, 3.05) is 0 Å². The fourth-order valence-electron chi connectivity index (χ4n) is 1.86. The Labute approximate surface area is 130 Å². The van der Waals surface area contributed by atoms with E-state index in [0.29, 0.717) is 6.42 Å². The number of amides is 1. The molecule has 5 heteroatoms. The smallest absolute Gasteiger partial charge is 0.240 e. The maximum atomic E-state index is 11.5. The zero-order chi connectivity index (χ0) is 14.6. The van der Waals surface area contributed by atoms with Gasteiger partial charge in [-0.15, -0.1) is 11.3 Å². The first-order valence-electron chi connectivity index (χ1n) is 7.29. The predicted molar refractivity (Wildman–Crippen MR) is 87.7 cm³/mol. The Hall–Kier alpha value is -0.870. The number of nitrogens with one attached hydrogen (secondary N) is 1. The van der Waals surface area contributed by atoms with Crippen molar-refractivity contribution in [1.82, 2.24) is 5.43 Å². The van der Waals surface area contributed by atoms with Gasteiger partial charge in [-0.2, -0.15) is 5.10 Å². The van der Waals surface area contributed by atoms with E-state index in [2.05, 4.69) is 17.5 Å². The summed E-state index contributed by atoms with van der Waals surface area (Å²) in [7, 11) is 0. The minimum Gasteiger partial charge on any atom is -0.273 e. The van der Waals surface area contributed by atoms with E-state index in [1.807, 2.05) is 12.1 Å². The summed E-state index contributed by atoms with van der Waals surface area (Å²) in [6.45, 7) is 2.22. The lowest BCUT2D eigenvalue weighted by atomic mass is 10.1. The van der Waals surface area contributed by atoms with Crippen molar-refractivity contribution in [3.05, 3.63) is 21.3 Å². The molecule has 1 aromatic rings. The quantitative estimate of drug-likeness (QED) is 0.369. The lowest BCUT2D eigenvalue weighted by Crippen LogP contribution is -2.16. The summed E-state index contributed by atoms with van der Waals surface area (Å²) in [4.78, 5) is 12.5. The van der Waals surface area contributed by atoms with Gasteiger partial charge in [0, 0.05) is 11.3 Å². The van der Waals surface area contributed by atoms with Crippen LogP contribution < -0.4 is 5.43 Å². The van der Waals surface area contributed by atoms with Crippen LogP contribution in [0.2, 0.25) is 4.34 Å². The number of hydrazone groups is 1. The summed E-state index contributed by atoms with van der Waals surface area (Å²) < 4.78 is 0.723. The van der Waals surface area contributed by atoms with Gasteiger partial charge in [-0.3, -0.25) is 4.79 Å². The number of carbonyl (C=O) groups excluding carboxylic acids is 1. The molecule has 0 saturated carbocycles. The molecule has 0 aliphatic carbocycles. The van der Waals surface area contributed by atoms with E-state index in [9.17, 15) is 4.79 Å². The van der Waals surface area contributed by atoms with Crippen molar-refractivity contribution in [3.8, 4) is 0 Å². The van der Waals surface area contributed by atoms with Gasteiger partial charge in [0.1, 0.15) is 0 Å². The zero-order valence-corrected chi connectivity index (χ0v) is 13.6. The van der Waals surface area contributed by atoms with E-state index in [0.717, 1.165) is 22.1 Å². The molecular formula is C15H23ClN2OS. The first kappa shape index (κ1) is 17.2. The second kappa shape index (κ2) is 10.9. The molecule has 0 bridgehead atoms. The largest absolute Gasteiger partial charge is 0.273 e. The first-order valence-corrected chi connectivity index (χ1v) is 8.49. The first-order chi connectivity index (χ1) is 9.72. The third-order valence-corrected chi connectivity index (χ3v) is 4.15. The number of hydrogen-bond acceptors (Lipinski definition) is 3. The van der Waals surface area contributed by atoms with Crippen molar-refractivity contribution < 1.29 is 4.79 Å². The van der Waals surface area contributed by atoms with Crippen molar-refractivity contribution in [1.29, 1.82) is 0 Å². The van der Waals surface area contributed by atoms with E-state index < -0.39 is 0 Å².